The van der Waals surface area contributed by atoms with Crippen LogP contribution in [0.25, 0.3) is 0 Å². The molecule has 24 heavy (non-hydrogen) atoms. The first-order chi connectivity index (χ1) is 11.6. The van der Waals surface area contributed by atoms with Gasteiger partial charge in [-0.05, 0) is 30.7 Å². The highest BCUT2D eigenvalue weighted by molar-refractivity contribution is 8.00. The van der Waals surface area contributed by atoms with Gasteiger partial charge in [-0.3, -0.25) is 9.59 Å². The van der Waals surface area contributed by atoms with Gasteiger partial charge >= 0.3 is 5.97 Å². The van der Waals surface area contributed by atoms with Crippen LogP contribution >= 0.6 is 23.4 Å². The Balaban J connectivity index is 1.73. The van der Waals surface area contributed by atoms with Crippen LogP contribution in [0.15, 0.2) is 59.5 Å². The zero-order valence-electron chi connectivity index (χ0n) is 13.2. The molecule has 0 aliphatic heterocycles. The third kappa shape index (κ3) is 5.91. The molecule has 2 aromatic rings. The second-order valence-corrected chi connectivity index (χ2v) is 6.87. The van der Waals surface area contributed by atoms with Gasteiger partial charge in [0.2, 0.25) is 0 Å². The average Bonchev–Trinajstić information content (AvgIpc) is 2.59. The number of halogens is 1. The fraction of sp³-hybridized carbons (Fsp3) is 0.222. The van der Waals surface area contributed by atoms with Gasteiger partial charge in [0.05, 0.1) is 0 Å². The van der Waals surface area contributed by atoms with Crippen molar-refractivity contribution in [1.82, 2.24) is 5.32 Å². The van der Waals surface area contributed by atoms with Gasteiger partial charge in [-0.2, -0.15) is 0 Å². The fourth-order valence-electron chi connectivity index (χ4n) is 1.89. The summed E-state index contributed by atoms with van der Waals surface area (Å²) < 4.78 is 5.05. The van der Waals surface area contributed by atoms with Gasteiger partial charge in [-0.15, -0.1) is 11.8 Å². The number of rotatable bonds is 7. The topological polar surface area (TPSA) is 55.4 Å². The van der Waals surface area contributed by atoms with Gasteiger partial charge in [-0.25, -0.2) is 0 Å². The zero-order chi connectivity index (χ0) is 17.4. The lowest BCUT2D eigenvalue weighted by molar-refractivity contribution is -0.147. The number of carbonyl (C=O) groups excluding carboxylic acids is 2. The average molecular weight is 364 g/mol. The molecule has 0 unspecified atom stereocenters. The van der Waals surface area contributed by atoms with Crippen LogP contribution in [0.2, 0.25) is 5.02 Å². The molecule has 0 saturated heterocycles. The molecule has 0 radical (unpaired) electrons. The van der Waals surface area contributed by atoms with Gasteiger partial charge in [0, 0.05) is 16.5 Å². The molecule has 1 atom stereocenters. The number of nitrogens with one attached hydrogen (secondary N) is 1. The Bertz CT molecular complexity index is 694. The summed E-state index contributed by atoms with van der Waals surface area (Å²) in [6.07, 6.45) is 0. The van der Waals surface area contributed by atoms with Crippen molar-refractivity contribution in [2.24, 2.45) is 0 Å². The lowest BCUT2D eigenvalue weighted by atomic mass is 10.2. The van der Waals surface area contributed by atoms with Crippen molar-refractivity contribution < 1.29 is 14.3 Å². The molecule has 2 rings (SSSR count). The lowest BCUT2D eigenvalue weighted by Gasteiger charge is -2.11. The monoisotopic (exact) mass is 363 g/mol. The summed E-state index contributed by atoms with van der Waals surface area (Å²) in [5.74, 6) is -0.781. The van der Waals surface area contributed by atoms with E-state index in [0.29, 0.717) is 11.6 Å². The van der Waals surface area contributed by atoms with E-state index in [4.69, 9.17) is 16.3 Å². The van der Waals surface area contributed by atoms with Crippen molar-refractivity contribution in [3.05, 3.63) is 65.2 Å². The van der Waals surface area contributed by atoms with Crippen molar-refractivity contribution in [2.75, 3.05) is 6.61 Å². The second-order valence-electron chi connectivity index (χ2n) is 5.05. The van der Waals surface area contributed by atoms with E-state index in [0.717, 1.165) is 10.5 Å². The summed E-state index contributed by atoms with van der Waals surface area (Å²) in [5, 5.41) is 2.88. The molecule has 0 heterocycles. The van der Waals surface area contributed by atoms with Crippen LogP contribution in [0.3, 0.4) is 0 Å². The molecule has 0 bridgehead atoms. The molecular formula is C18H18ClNO3S. The Labute approximate surface area is 150 Å². The first-order valence-corrected chi connectivity index (χ1v) is 8.70. The summed E-state index contributed by atoms with van der Waals surface area (Å²) in [4.78, 5) is 24.7. The van der Waals surface area contributed by atoms with Crippen molar-refractivity contribution in [1.29, 1.82) is 0 Å². The van der Waals surface area contributed by atoms with Gasteiger partial charge in [0.1, 0.15) is 5.25 Å². The molecule has 0 fully saturated rings. The van der Waals surface area contributed by atoms with Crippen molar-refractivity contribution in [2.45, 2.75) is 23.6 Å². The number of amides is 1. The Morgan fingerprint density at radius 3 is 2.50 bits per heavy atom. The van der Waals surface area contributed by atoms with Crippen LogP contribution in [0.4, 0.5) is 0 Å². The number of ether oxygens (including phenoxy) is 1. The van der Waals surface area contributed by atoms with E-state index in [1.54, 1.807) is 13.0 Å². The summed E-state index contributed by atoms with van der Waals surface area (Å²) >= 11 is 7.41. The highest BCUT2D eigenvalue weighted by Crippen LogP contribution is 2.23. The standard InChI is InChI=1S/C18H18ClNO3S/c1-13(24-15-8-3-2-4-9-15)18(22)23-12-17(21)20-11-14-7-5-6-10-16(14)19/h2-10,13H,11-12H2,1H3,(H,20,21)/t13-/m1/s1. The predicted molar refractivity (Wildman–Crippen MR) is 96.0 cm³/mol. The van der Waals surface area contributed by atoms with E-state index in [2.05, 4.69) is 5.32 Å². The maximum Gasteiger partial charge on any atom is 0.319 e. The molecule has 1 amide bonds. The van der Waals surface area contributed by atoms with Gasteiger partial charge < -0.3 is 10.1 Å². The molecule has 2 aromatic carbocycles. The molecule has 0 aliphatic rings. The predicted octanol–water partition coefficient (Wildman–Crippen LogP) is 3.68. The number of benzene rings is 2. The first-order valence-electron chi connectivity index (χ1n) is 7.44. The maximum absolute atomic E-state index is 11.9. The van der Waals surface area contributed by atoms with Crippen LogP contribution in [-0.4, -0.2) is 23.7 Å². The highest BCUT2D eigenvalue weighted by Gasteiger charge is 2.17. The molecular weight excluding hydrogens is 346 g/mol. The first kappa shape index (κ1) is 18.4. The lowest BCUT2D eigenvalue weighted by Crippen LogP contribution is -2.30. The molecule has 0 aliphatic carbocycles. The normalized spacial score (nSPS) is 11.6. The largest absolute Gasteiger partial charge is 0.455 e. The minimum Gasteiger partial charge on any atom is -0.455 e. The minimum absolute atomic E-state index is 0.296. The van der Waals surface area contributed by atoms with Crippen molar-refractivity contribution in [3.8, 4) is 0 Å². The van der Waals surface area contributed by atoms with Crippen LogP contribution < -0.4 is 5.32 Å². The van der Waals surface area contributed by atoms with Crippen LogP contribution in [0.1, 0.15) is 12.5 Å². The zero-order valence-corrected chi connectivity index (χ0v) is 14.8. The molecule has 1 N–H and O–H groups in total. The number of carbonyl (C=O) groups is 2. The summed E-state index contributed by atoms with van der Waals surface area (Å²) in [6, 6.07) is 16.8. The number of thioether (sulfide) groups is 1. The maximum atomic E-state index is 11.9. The van der Waals surface area contributed by atoms with Crippen LogP contribution in [0, 0.1) is 0 Å². The van der Waals surface area contributed by atoms with E-state index in [9.17, 15) is 9.59 Å². The smallest absolute Gasteiger partial charge is 0.319 e. The van der Waals surface area contributed by atoms with Crippen molar-refractivity contribution >= 4 is 35.2 Å². The van der Waals surface area contributed by atoms with E-state index in [1.807, 2.05) is 48.5 Å². The highest BCUT2D eigenvalue weighted by atomic mass is 35.5. The Morgan fingerprint density at radius 2 is 1.79 bits per heavy atom. The molecule has 0 spiro atoms. The minimum atomic E-state index is -0.420. The molecule has 4 nitrogen and oxygen atoms in total. The number of hydrogen-bond donors (Lipinski definition) is 1. The molecule has 0 aromatic heterocycles. The molecule has 0 saturated carbocycles. The van der Waals surface area contributed by atoms with Gasteiger partial charge in [0.25, 0.3) is 5.91 Å². The Hall–Kier alpha value is -1.98. The van der Waals surface area contributed by atoms with E-state index >= 15 is 0 Å². The summed E-state index contributed by atoms with van der Waals surface area (Å²) in [6.45, 7) is 1.75. The third-order valence-electron chi connectivity index (χ3n) is 3.17. The fourth-order valence-corrected chi connectivity index (χ4v) is 2.98. The number of hydrogen-bond acceptors (Lipinski definition) is 4. The summed E-state index contributed by atoms with van der Waals surface area (Å²) in [5.41, 5.74) is 0.812. The van der Waals surface area contributed by atoms with E-state index < -0.39 is 5.97 Å². The van der Waals surface area contributed by atoms with E-state index in [1.165, 1.54) is 11.8 Å². The van der Waals surface area contributed by atoms with E-state index in [-0.39, 0.29) is 17.8 Å². The molecule has 6 heteroatoms. The second kappa shape index (κ2) is 9.35. The Kier molecular flexibility index (Phi) is 7.15. The number of esters is 1. The van der Waals surface area contributed by atoms with Crippen LogP contribution in [0.5, 0.6) is 0 Å². The quantitative estimate of drug-likeness (QED) is 0.602. The summed E-state index contributed by atoms with van der Waals surface area (Å²) in [7, 11) is 0. The third-order valence-corrected chi connectivity index (χ3v) is 4.63. The van der Waals surface area contributed by atoms with Gasteiger partial charge in [0.15, 0.2) is 6.61 Å². The Morgan fingerprint density at radius 1 is 1.12 bits per heavy atom. The SMILES string of the molecule is C[C@@H](Sc1ccccc1)C(=O)OCC(=O)NCc1ccccc1Cl. The van der Waals surface area contributed by atoms with Gasteiger partial charge in [-0.1, -0.05) is 48.0 Å². The van der Waals surface area contributed by atoms with Crippen molar-refractivity contribution in [3.63, 3.8) is 0 Å². The molecule has 126 valence electrons. The van der Waals surface area contributed by atoms with Crippen LogP contribution in [-0.2, 0) is 20.9 Å².